The quantitative estimate of drug-likeness (QED) is 0.809. The Hall–Kier alpha value is -2.06. The molecular formula is C13H14FNO3. The van der Waals surface area contributed by atoms with Gasteiger partial charge in [0.1, 0.15) is 5.82 Å². The van der Waals surface area contributed by atoms with E-state index in [0.717, 1.165) is 0 Å². The minimum Gasteiger partial charge on any atom is -0.450 e. The van der Waals surface area contributed by atoms with Gasteiger partial charge in [0.25, 0.3) is 0 Å². The van der Waals surface area contributed by atoms with Crippen molar-refractivity contribution < 1.29 is 19.0 Å². The number of aliphatic hydroxyl groups excluding tert-OH is 1. The topological polar surface area (TPSA) is 58.6 Å². The SMILES string of the molecule is CCOC(=O)Nc1ccc(C#CCCO)c(F)c1. The Kier molecular flexibility index (Phi) is 5.68. The van der Waals surface area contributed by atoms with Gasteiger partial charge in [-0.25, -0.2) is 9.18 Å². The highest BCUT2D eigenvalue weighted by atomic mass is 19.1. The second kappa shape index (κ2) is 7.30. The summed E-state index contributed by atoms with van der Waals surface area (Å²) < 4.78 is 18.2. The van der Waals surface area contributed by atoms with E-state index in [9.17, 15) is 9.18 Å². The fourth-order valence-electron chi connectivity index (χ4n) is 1.19. The highest BCUT2D eigenvalue weighted by Crippen LogP contribution is 2.14. The summed E-state index contributed by atoms with van der Waals surface area (Å²) in [6, 6.07) is 4.16. The van der Waals surface area contributed by atoms with Crippen molar-refractivity contribution in [3.63, 3.8) is 0 Å². The van der Waals surface area contributed by atoms with Crippen molar-refractivity contribution in [3.05, 3.63) is 29.6 Å². The van der Waals surface area contributed by atoms with E-state index in [-0.39, 0.29) is 18.8 Å². The van der Waals surface area contributed by atoms with Gasteiger partial charge in [0.05, 0.1) is 18.8 Å². The number of carbonyl (C=O) groups is 1. The number of hydrogen-bond donors (Lipinski definition) is 2. The lowest BCUT2D eigenvalue weighted by Crippen LogP contribution is -2.13. The number of rotatable bonds is 3. The lowest BCUT2D eigenvalue weighted by Gasteiger charge is -2.05. The summed E-state index contributed by atoms with van der Waals surface area (Å²) in [5, 5.41) is 10.9. The third-order valence-corrected chi connectivity index (χ3v) is 1.95. The smallest absolute Gasteiger partial charge is 0.411 e. The highest BCUT2D eigenvalue weighted by Gasteiger charge is 2.05. The Morgan fingerprint density at radius 1 is 1.56 bits per heavy atom. The minimum absolute atomic E-state index is 0.0584. The molecule has 0 saturated heterocycles. The molecule has 1 aromatic carbocycles. The molecule has 1 aromatic rings. The van der Waals surface area contributed by atoms with Crippen molar-refractivity contribution in [1.82, 2.24) is 0 Å². The molecule has 1 amide bonds. The third-order valence-electron chi connectivity index (χ3n) is 1.95. The molecule has 0 aromatic heterocycles. The molecule has 0 bridgehead atoms. The average Bonchev–Trinajstić information content (AvgIpc) is 2.32. The highest BCUT2D eigenvalue weighted by molar-refractivity contribution is 5.84. The van der Waals surface area contributed by atoms with Crippen molar-refractivity contribution in [2.24, 2.45) is 0 Å². The minimum atomic E-state index is -0.629. The van der Waals surface area contributed by atoms with E-state index in [1.165, 1.54) is 18.2 Å². The number of anilines is 1. The summed E-state index contributed by atoms with van der Waals surface area (Å²) in [6.07, 6.45) is -0.335. The summed E-state index contributed by atoms with van der Waals surface area (Å²) in [6.45, 7) is 1.87. The monoisotopic (exact) mass is 251 g/mol. The molecule has 18 heavy (non-hydrogen) atoms. The van der Waals surface area contributed by atoms with E-state index in [4.69, 9.17) is 5.11 Å². The van der Waals surface area contributed by atoms with Gasteiger partial charge in [0.15, 0.2) is 0 Å². The van der Waals surface area contributed by atoms with Crippen LogP contribution in [-0.2, 0) is 4.74 Å². The van der Waals surface area contributed by atoms with Crippen LogP contribution in [0.4, 0.5) is 14.9 Å². The molecule has 2 N–H and O–H groups in total. The van der Waals surface area contributed by atoms with Crippen molar-refractivity contribution in [2.45, 2.75) is 13.3 Å². The predicted octanol–water partition coefficient (Wildman–Crippen LogP) is 2.13. The molecule has 0 unspecified atom stereocenters. The van der Waals surface area contributed by atoms with Gasteiger partial charge in [0.2, 0.25) is 0 Å². The molecule has 96 valence electrons. The molecule has 5 heteroatoms. The van der Waals surface area contributed by atoms with Gasteiger partial charge < -0.3 is 9.84 Å². The number of nitrogens with one attached hydrogen (secondary N) is 1. The number of amides is 1. The van der Waals surface area contributed by atoms with Gasteiger partial charge in [-0.05, 0) is 25.1 Å². The van der Waals surface area contributed by atoms with Crippen LogP contribution in [0.1, 0.15) is 18.9 Å². The number of aliphatic hydroxyl groups is 1. The van der Waals surface area contributed by atoms with Gasteiger partial charge in [-0.15, -0.1) is 0 Å². The summed E-state index contributed by atoms with van der Waals surface area (Å²) >= 11 is 0. The van der Waals surface area contributed by atoms with Crippen LogP contribution in [0.5, 0.6) is 0 Å². The first kappa shape index (κ1) is 14.0. The maximum Gasteiger partial charge on any atom is 0.411 e. The van der Waals surface area contributed by atoms with Gasteiger partial charge in [-0.3, -0.25) is 5.32 Å². The van der Waals surface area contributed by atoms with Crippen molar-refractivity contribution >= 4 is 11.8 Å². The lowest BCUT2D eigenvalue weighted by atomic mass is 10.2. The molecule has 1 rings (SSSR count). The number of carbonyl (C=O) groups excluding carboxylic acids is 1. The normalized spacial score (nSPS) is 9.28. The van der Waals surface area contributed by atoms with E-state index < -0.39 is 11.9 Å². The Balaban J connectivity index is 2.74. The van der Waals surface area contributed by atoms with Crippen molar-refractivity contribution in [1.29, 1.82) is 0 Å². The zero-order valence-electron chi connectivity index (χ0n) is 10.00. The number of ether oxygens (including phenoxy) is 1. The van der Waals surface area contributed by atoms with E-state index in [1.807, 2.05) is 0 Å². The van der Waals surface area contributed by atoms with Crippen LogP contribution in [-0.4, -0.2) is 24.4 Å². The first-order chi connectivity index (χ1) is 8.67. The predicted molar refractivity (Wildman–Crippen MR) is 65.6 cm³/mol. The Morgan fingerprint density at radius 3 is 2.94 bits per heavy atom. The molecule has 0 atom stereocenters. The van der Waals surface area contributed by atoms with Crippen LogP contribution in [0.15, 0.2) is 18.2 Å². The molecule has 0 aliphatic rings. The van der Waals surface area contributed by atoms with Gasteiger partial charge in [0, 0.05) is 12.1 Å². The second-order valence-electron chi connectivity index (χ2n) is 3.32. The average molecular weight is 251 g/mol. The fraction of sp³-hybridized carbons (Fsp3) is 0.308. The van der Waals surface area contributed by atoms with Crippen LogP contribution in [0.3, 0.4) is 0 Å². The summed E-state index contributed by atoms with van der Waals surface area (Å²) in [5.74, 6) is 4.68. The maximum absolute atomic E-state index is 13.6. The first-order valence-electron chi connectivity index (χ1n) is 5.50. The lowest BCUT2D eigenvalue weighted by molar-refractivity contribution is 0.168. The maximum atomic E-state index is 13.6. The van der Waals surface area contributed by atoms with E-state index >= 15 is 0 Å². The molecule has 4 nitrogen and oxygen atoms in total. The molecule has 0 fully saturated rings. The van der Waals surface area contributed by atoms with Crippen molar-refractivity contribution in [2.75, 3.05) is 18.5 Å². The van der Waals surface area contributed by atoms with Gasteiger partial charge in [-0.2, -0.15) is 0 Å². The number of halogens is 1. The molecule has 0 aliphatic carbocycles. The standard InChI is InChI=1S/C13H14FNO3/c1-2-18-13(17)15-11-7-6-10(12(14)9-11)5-3-4-8-16/h6-7,9,16H,2,4,8H2,1H3,(H,15,17). The Morgan fingerprint density at radius 2 is 2.33 bits per heavy atom. The molecule has 0 heterocycles. The zero-order chi connectivity index (χ0) is 13.4. The van der Waals surface area contributed by atoms with Gasteiger partial charge >= 0.3 is 6.09 Å². The molecular weight excluding hydrogens is 237 g/mol. The third kappa shape index (κ3) is 4.44. The van der Waals surface area contributed by atoms with Crippen LogP contribution in [0.2, 0.25) is 0 Å². The Labute approximate surface area is 105 Å². The molecule has 0 spiro atoms. The van der Waals surface area contributed by atoms with Crippen LogP contribution in [0, 0.1) is 17.7 Å². The molecule has 0 saturated carbocycles. The van der Waals surface area contributed by atoms with E-state index in [0.29, 0.717) is 12.1 Å². The van der Waals surface area contributed by atoms with Gasteiger partial charge in [-0.1, -0.05) is 11.8 Å². The number of hydrogen-bond acceptors (Lipinski definition) is 3. The van der Waals surface area contributed by atoms with Crippen molar-refractivity contribution in [3.8, 4) is 11.8 Å². The fourth-order valence-corrected chi connectivity index (χ4v) is 1.19. The van der Waals surface area contributed by atoms with Crippen LogP contribution in [0.25, 0.3) is 0 Å². The van der Waals surface area contributed by atoms with E-state index in [2.05, 4.69) is 21.9 Å². The molecule has 0 aliphatic heterocycles. The first-order valence-corrected chi connectivity index (χ1v) is 5.50. The zero-order valence-corrected chi connectivity index (χ0v) is 10.00. The largest absolute Gasteiger partial charge is 0.450 e. The Bertz CT molecular complexity index is 477. The van der Waals surface area contributed by atoms with E-state index in [1.54, 1.807) is 6.92 Å². The van der Waals surface area contributed by atoms with Crippen LogP contribution < -0.4 is 5.32 Å². The van der Waals surface area contributed by atoms with Crippen LogP contribution >= 0.6 is 0 Å². The summed E-state index contributed by atoms with van der Waals surface area (Å²) in [4.78, 5) is 11.1. The number of benzene rings is 1. The molecule has 0 radical (unpaired) electrons. The second-order valence-corrected chi connectivity index (χ2v) is 3.32. The summed E-state index contributed by atoms with van der Waals surface area (Å²) in [5.41, 5.74) is 0.525. The summed E-state index contributed by atoms with van der Waals surface area (Å²) in [7, 11) is 0.